The third-order valence-electron chi connectivity index (χ3n) is 5.48. The van der Waals surface area contributed by atoms with Gasteiger partial charge in [-0.2, -0.15) is 10.4 Å². The lowest BCUT2D eigenvalue weighted by molar-refractivity contribution is 0.184. The van der Waals surface area contributed by atoms with Gasteiger partial charge in [0.1, 0.15) is 18.2 Å². The van der Waals surface area contributed by atoms with Crippen LogP contribution >= 0.6 is 0 Å². The third kappa shape index (κ3) is 5.57. The van der Waals surface area contributed by atoms with E-state index in [1.807, 2.05) is 49.4 Å². The van der Waals surface area contributed by atoms with Crippen molar-refractivity contribution in [1.29, 1.82) is 5.26 Å². The molecule has 0 saturated carbocycles. The molecule has 4 rings (SSSR count). The summed E-state index contributed by atoms with van der Waals surface area (Å²) in [7, 11) is 3.19. The first kappa shape index (κ1) is 23.7. The largest absolute Gasteiger partial charge is 0.493 e. The average Bonchev–Trinajstić information content (AvgIpc) is 2.88. The van der Waals surface area contributed by atoms with Crippen molar-refractivity contribution in [1.82, 2.24) is 4.98 Å². The Balaban J connectivity index is 1.48. The lowest BCUT2D eigenvalue weighted by Crippen LogP contribution is -2.03. The highest BCUT2D eigenvalue weighted by Crippen LogP contribution is 2.29. The molecule has 0 bridgehead atoms. The summed E-state index contributed by atoms with van der Waals surface area (Å²) in [6.07, 6.45) is 1.64. The van der Waals surface area contributed by atoms with Crippen molar-refractivity contribution < 1.29 is 14.2 Å². The number of hydrogen-bond acceptors (Lipinski definition) is 7. The van der Waals surface area contributed by atoms with Crippen LogP contribution < -0.4 is 14.9 Å². The highest BCUT2D eigenvalue weighted by molar-refractivity contribution is 5.85. The van der Waals surface area contributed by atoms with Crippen LogP contribution in [-0.2, 0) is 18.0 Å². The van der Waals surface area contributed by atoms with Crippen LogP contribution in [0.3, 0.4) is 0 Å². The predicted octanol–water partition coefficient (Wildman–Crippen LogP) is 5.59. The number of rotatable bonds is 9. The van der Waals surface area contributed by atoms with Gasteiger partial charge in [-0.05, 0) is 53.1 Å². The van der Waals surface area contributed by atoms with Gasteiger partial charge < -0.3 is 14.2 Å². The van der Waals surface area contributed by atoms with Gasteiger partial charge in [0.05, 0.1) is 19.9 Å². The van der Waals surface area contributed by atoms with Gasteiger partial charge in [0.2, 0.25) is 0 Å². The molecule has 4 aromatic rings. The lowest BCUT2D eigenvalue weighted by Gasteiger charge is -2.13. The summed E-state index contributed by atoms with van der Waals surface area (Å²) in [6.45, 7) is 2.60. The van der Waals surface area contributed by atoms with Gasteiger partial charge in [0, 0.05) is 18.4 Å². The summed E-state index contributed by atoms with van der Waals surface area (Å²) >= 11 is 0. The molecule has 0 saturated heterocycles. The Hall–Kier alpha value is -4.41. The molecule has 35 heavy (non-hydrogen) atoms. The number of nitriles is 1. The standard InChI is InChI=1S/C28H26N4O3/c1-19-13-23(17-33-2)25(15-29)28(31-19)32-30-16-20-11-12-26(27(14-20)34-3)35-18-22-9-6-8-21-7-4-5-10-24(21)22/h4-14,16H,17-18H2,1-3H3,(H,31,32). The van der Waals surface area contributed by atoms with Crippen molar-refractivity contribution in [2.75, 3.05) is 19.6 Å². The van der Waals surface area contributed by atoms with Crippen LogP contribution in [0.5, 0.6) is 11.5 Å². The Bertz CT molecular complexity index is 1400. The van der Waals surface area contributed by atoms with Crippen LogP contribution in [-0.4, -0.2) is 25.4 Å². The quantitative estimate of drug-likeness (QED) is 0.255. The van der Waals surface area contributed by atoms with Crippen molar-refractivity contribution in [2.45, 2.75) is 20.1 Å². The van der Waals surface area contributed by atoms with E-state index in [2.05, 4.69) is 45.8 Å². The summed E-state index contributed by atoms with van der Waals surface area (Å²) in [4.78, 5) is 4.39. The van der Waals surface area contributed by atoms with Crippen molar-refractivity contribution in [3.8, 4) is 17.6 Å². The Morgan fingerprint density at radius 3 is 2.60 bits per heavy atom. The van der Waals surface area contributed by atoms with Crippen LogP contribution in [0, 0.1) is 18.3 Å². The molecule has 0 radical (unpaired) electrons. The van der Waals surface area contributed by atoms with E-state index in [1.54, 1.807) is 20.4 Å². The maximum absolute atomic E-state index is 9.56. The normalized spacial score (nSPS) is 10.9. The molecule has 3 aromatic carbocycles. The van der Waals surface area contributed by atoms with E-state index in [0.717, 1.165) is 22.4 Å². The zero-order valence-electron chi connectivity index (χ0n) is 19.9. The van der Waals surface area contributed by atoms with Gasteiger partial charge in [-0.1, -0.05) is 42.5 Å². The minimum absolute atomic E-state index is 0.322. The molecule has 7 nitrogen and oxygen atoms in total. The van der Waals surface area contributed by atoms with E-state index >= 15 is 0 Å². The smallest absolute Gasteiger partial charge is 0.164 e. The zero-order valence-corrected chi connectivity index (χ0v) is 19.9. The maximum Gasteiger partial charge on any atom is 0.164 e. The van der Waals surface area contributed by atoms with E-state index in [4.69, 9.17) is 14.2 Å². The fourth-order valence-electron chi connectivity index (χ4n) is 3.84. The summed E-state index contributed by atoms with van der Waals surface area (Å²) in [5.74, 6) is 1.63. The molecule has 0 fully saturated rings. The molecule has 0 aliphatic carbocycles. The summed E-state index contributed by atoms with van der Waals surface area (Å²) in [5.41, 5.74) is 6.71. The SMILES string of the molecule is COCc1cc(C)nc(NN=Cc2ccc(OCc3cccc4ccccc34)c(OC)c2)c1C#N. The number of ether oxygens (including phenoxy) is 3. The van der Waals surface area contributed by atoms with E-state index in [1.165, 1.54) is 10.8 Å². The molecule has 176 valence electrons. The third-order valence-corrected chi connectivity index (χ3v) is 5.48. The van der Waals surface area contributed by atoms with Gasteiger partial charge in [0.25, 0.3) is 0 Å². The molecule has 1 heterocycles. The number of hydrazone groups is 1. The molecular weight excluding hydrogens is 440 g/mol. The van der Waals surface area contributed by atoms with Crippen molar-refractivity contribution in [3.63, 3.8) is 0 Å². The molecule has 0 unspecified atom stereocenters. The van der Waals surface area contributed by atoms with Crippen molar-refractivity contribution in [3.05, 3.63) is 94.7 Å². The number of fused-ring (bicyclic) bond motifs is 1. The van der Waals surface area contributed by atoms with E-state index in [0.29, 0.717) is 36.1 Å². The minimum Gasteiger partial charge on any atom is -0.493 e. The van der Waals surface area contributed by atoms with E-state index in [-0.39, 0.29) is 0 Å². The maximum atomic E-state index is 9.56. The zero-order chi connectivity index (χ0) is 24.6. The Morgan fingerprint density at radius 1 is 0.971 bits per heavy atom. The molecule has 0 amide bonds. The molecule has 0 aliphatic heterocycles. The fraction of sp³-hybridized carbons (Fsp3) is 0.179. The second-order valence-corrected chi connectivity index (χ2v) is 7.90. The summed E-state index contributed by atoms with van der Waals surface area (Å²) in [6, 6.07) is 24.0. The molecule has 0 spiro atoms. The number of nitrogens with zero attached hydrogens (tertiary/aromatic N) is 3. The first-order valence-electron chi connectivity index (χ1n) is 11.1. The molecule has 7 heteroatoms. The van der Waals surface area contributed by atoms with Crippen LogP contribution in [0.25, 0.3) is 10.8 Å². The molecule has 0 aliphatic rings. The number of hydrogen-bond donors (Lipinski definition) is 1. The Kier molecular flexibility index (Phi) is 7.56. The number of benzene rings is 3. The molecular formula is C28H26N4O3. The van der Waals surface area contributed by atoms with Crippen molar-refractivity contribution >= 4 is 22.8 Å². The summed E-state index contributed by atoms with van der Waals surface area (Å²) in [5, 5.41) is 16.2. The topological polar surface area (TPSA) is 88.8 Å². The van der Waals surface area contributed by atoms with E-state index < -0.39 is 0 Å². The van der Waals surface area contributed by atoms with Crippen LogP contribution in [0.2, 0.25) is 0 Å². The Morgan fingerprint density at radius 2 is 1.80 bits per heavy atom. The van der Waals surface area contributed by atoms with Crippen LogP contribution in [0.4, 0.5) is 5.82 Å². The number of pyridine rings is 1. The van der Waals surface area contributed by atoms with E-state index in [9.17, 15) is 5.26 Å². The monoisotopic (exact) mass is 466 g/mol. The number of aryl methyl sites for hydroxylation is 1. The average molecular weight is 467 g/mol. The predicted molar refractivity (Wildman–Crippen MR) is 137 cm³/mol. The number of aromatic nitrogens is 1. The fourth-order valence-corrected chi connectivity index (χ4v) is 3.84. The lowest BCUT2D eigenvalue weighted by atomic mass is 10.1. The number of anilines is 1. The second-order valence-electron chi connectivity index (χ2n) is 7.90. The molecule has 1 aromatic heterocycles. The highest BCUT2D eigenvalue weighted by atomic mass is 16.5. The number of nitrogens with one attached hydrogen (secondary N) is 1. The van der Waals surface area contributed by atoms with Gasteiger partial charge in [-0.15, -0.1) is 0 Å². The second kappa shape index (κ2) is 11.1. The van der Waals surface area contributed by atoms with Gasteiger partial charge in [-0.3, -0.25) is 5.43 Å². The van der Waals surface area contributed by atoms with Crippen LogP contribution in [0.15, 0.2) is 71.8 Å². The molecule has 1 N–H and O–H groups in total. The van der Waals surface area contributed by atoms with Gasteiger partial charge in [-0.25, -0.2) is 4.98 Å². The van der Waals surface area contributed by atoms with Gasteiger partial charge >= 0.3 is 0 Å². The van der Waals surface area contributed by atoms with Crippen molar-refractivity contribution in [2.24, 2.45) is 5.10 Å². The first-order chi connectivity index (χ1) is 17.1. The highest BCUT2D eigenvalue weighted by Gasteiger charge is 2.11. The minimum atomic E-state index is 0.322. The number of methoxy groups -OCH3 is 2. The summed E-state index contributed by atoms with van der Waals surface area (Å²) < 4.78 is 16.8. The Labute approximate surface area is 204 Å². The first-order valence-corrected chi connectivity index (χ1v) is 11.1. The van der Waals surface area contributed by atoms with Gasteiger partial charge in [0.15, 0.2) is 17.3 Å². The molecule has 0 atom stereocenters. The van der Waals surface area contributed by atoms with Crippen LogP contribution in [0.1, 0.15) is 27.9 Å².